The lowest BCUT2D eigenvalue weighted by atomic mass is 10.2. The van der Waals surface area contributed by atoms with Crippen LogP contribution in [0.5, 0.6) is 0 Å². The van der Waals surface area contributed by atoms with Crippen LogP contribution >= 0.6 is 34.2 Å². The van der Waals surface area contributed by atoms with Gasteiger partial charge >= 0.3 is 0 Å². The molecule has 3 aromatic rings. The van der Waals surface area contributed by atoms with Gasteiger partial charge in [-0.05, 0) is 66.3 Å². The van der Waals surface area contributed by atoms with Crippen LogP contribution < -0.4 is 0 Å². The number of rotatable bonds is 2. The van der Waals surface area contributed by atoms with Crippen molar-refractivity contribution in [1.29, 1.82) is 0 Å². The molecule has 108 valence electrons. The first-order chi connectivity index (χ1) is 9.99. The average Bonchev–Trinajstić information content (AvgIpc) is 2.80. The van der Waals surface area contributed by atoms with E-state index in [1.54, 1.807) is 6.07 Å². The van der Waals surface area contributed by atoms with Gasteiger partial charge in [-0.3, -0.25) is 4.57 Å². The van der Waals surface area contributed by atoms with E-state index in [0.29, 0.717) is 0 Å². The van der Waals surface area contributed by atoms with Crippen molar-refractivity contribution in [2.75, 3.05) is 0 Å². The van der Waals surface area contributed by atoms with Gasteiger partial charge in [-0.1, -0.05) is 12.1 Å². The number of alkyl halides is 1. The highest BCUT2D eigenvalue weighted by Crippen LogP contribution is 2.31. The Bertz CT molecular complexity index is 827. The molecule has 1 unspecified atom stereocenters. The number of aryl methyl sites for hydroxylation is 1. The molecule has 0 saturated heterocycles. The summed E-state index contributed by atoms with van der Waals surface area (Å²) < 4.78 is 16.2. The van der Waals surface area contributed by atoms with Crippen molar-refractivity contribution in [3.63, 3.8) is 0 Å². The maximum Gasteiger partial charge on any atom is 0.132 e. The Morgan fingerprint density at radius 3 is 2.71 bits per heavy atom. The second-order valence-corrected chi connectivity index (χ2v) is 6.78. The molecular weight excluding hydrogens is 402 g/mol. The molecule has 0 aliphatic rings. The van der Waals surface area contributed by atoms with Crippen LogP contribution in [0.15, 0.2) is 36.4 Å². The Kier molecular flexibility index (Phi) is 3.92. The molecule has 0 spiro atoms. The Labute approximate surface area is 141 Å². The second-order valence-electron chi connectivity index (χ2n) is 4.96. The van der Waals surface area contributed by atoms with E-state index < -0.39 is 0 Å². The summed E-state index contributed by atoms with van der Waals surface area (Å²) in [5.41, 5.74) is 3.91. The number of halogens is 3. The molecular formula is C16H13ClFIN2. The molecule has 2 nitrogen and oxygen atoms in total. The first kappa shape index (κ1) is 14.8. The van der Waals surface area contributed by atoms with Crippen molar-refractivity contribution in [2.24, 2.45) is 0 Å². The van der Waals surface area contributed by atoms with Gasteiger partial charge in [0, 0.05) is 3.57 Å². The Morgan fingerprint density at radius 2 is 2.05 bits per heavy atom. The van der Waals surface area contributed by atoms with Gasteiger partial charge in [0.05, 0.1) is 22.1 Å². The molecule has 0 aliphatic carbocycles. The maximum absolute atomic E-state index is 13.4. The quantitative estimate of drug-likeness (QED) is 0.407. The lowest BCUT2D eigenvalue weighted by Gasteiger charge is -2.12. The fraction of sp³-hybridized carbons (Fsp3) is 0.188. The first-order valence-electron chi connectivity index (χ1n) is 6.56. The lowest BCUT2D eigenvalue weighted by Crippen LogP contribution is -2.04. The Hall–Kier alpha value is -1.14. The molecule has 0 fully saturated rings. The summed E-state index contributed by atoms with van der Waals surface area (Å²) in [5, 5.41) is -0.238. The summed E-state index contributed by atoms with van der Waals surface area (Å²) in [5.74, 6) is 0.523. The second kappa shape index (κ2) is 5.57. The molecule has 2 aromatic carbocycles. The van der Waals surface area contributed by atoms with E-state index in [1.807, 2.05) is 36.6 Å². The zero-order valence-corrected chi connectivity index (χ0v) is 14.5. The van der Waals surface area contributed by atoms with Gasteiger partial charge in [0.25, 0.3) is 0 Å². The highest BCUT2D eigenvalue weighted by atomic mass is 127. The van der Waals surface area contributed by atoms with E-state index in [2.05, 4.69) is 27.6 Å². The number of nitrogens with zero attached hydrogens (tertiary/aromatic N) is 2. The summed E-state index contributed by atoms with van der Waals surface area (Å²) in [6.45, 7) is 3.92. The molecule has 21 heavy (non-hydrogen) atoms. The minimum absolute atomic E-state index is 0.238. The number of hydrogen-bond acceptors (Lipinski definition) is 1. The van der Waals surface area contributed by atoms with E-state index >= 15 is 0 Å². The molecule has 0 aliphatic heterocycles. The number of benzene rings is 2. The van der Waals surface area contributed by atoms with Crippen molar-refractivity contribution in [1.82, 2.24) is 9.55 Å². The molecule has 0 saturated carbocycles. The molecule has 3 rings (SSSR count). The predicted octanol–water partition coefficient (Wildman–Crippen LogP) is 5.38. The van der Waals surface area contributed by atoms with Crippen LogP contribution in [0.2, 0.25) is 0 Å². The summed E-state index contributed by atoms with van der Waals surface area (Å²) in [4.78, 5) is 4.69. The zero-order chi connectivity index (χ0) is 15.1. The molecule has 0 bridgehead atoms. The molecule has 0 radical (unpaired) electrons. The van der Waals surface area contributed by atoms with Gasteiger partial charge in [-0.2, -0.15) is 0 Å². The number of para-hydroxylation sites is 1. The molecule has 0 amide bonds. The number of fused-ring (bicyclic) bond motifs is 1. The van der Waals surface area contributed by atoms with Gasteiger partial charge in [0.2, 0.25) is 0 Å². The molecule has 5 heteroatoms. The van der Waals surface area contributed by atoms with Crippen LogP contribution in [-0.4, -0.2) is 9.55 Å². The fourth-order valence-electron chi connectivity index (χ4n) is 2.44. The topological polar surface area (TPSA) is 17.8 Å². The van der Waals surface area contributed by atoms with Crippen LogP contribution in [0.4, 0.5) is 4.39 Å². The van der Waals surface area contributed by atoms with Crippen molar-refractivity contribution in [2.45, 2.75) is 19.2 Å². The Morgan fingerprint density at radius 1 is 1.29 bits per heavy atom. The van der Waals surface area contributed by atoms with Crippen molar-refractivity contribution in [3.8, 4) is 5.69 Å². The van der Waals surface area contributed by atoms with Gasteiger partial charge < -0.3 is 0 Å². The van der Waals surface area contributed by atoms with Gasteiger partial charge in [-0.25, -0.2) is 9.37 Å². The average molecular weight is 415 g/mol. The van der Waals surface area contributed by atoms with E-state index in [9.17, 15) is 4.39 Å². The molecule has 1 aromatic heterocycles. The number of aromatic nitrogens is 2. The third-order valence-electron chi connectivity index (χ3n) is 3.42. The predicted molar refractivity (Wildman–Crippen MR) is 92.8 cm³/mol. The van der Waals surface area contributed by atoms with Crippen molar-refractivity contribution >= 4 is 45.2 Å². The standard InChI is InChI=1S/C16H13ClFIN2/c1-9-4-3-5-14-15(9)20-16(10(2)17)21(14)13-7-6-11(18)8-12(13)19/h3-8,10H,1-2H3. The minimum Gasteiger partial charge on any atom is -0.294 e. The largest absolute Gasteiger partial charge is 0.294 e. The minimum atomic E-state index is -0.246. The SMILES string of the molecule is Cc1cccc2c1nc(C(C)Cl)n2-c1ccc(F)cc1I. The van der Waals surface area contributed by atoms with Crippen LogP contribution in [-0.2, 0) is 0 Å². The number of imidazole rings is 1. The first-order valence-corrected chi connectivity index (χ1v) is 8.08. The zero-order valence-electron chi connectivity index (χ0n) is 11.6. The van der Waals surface area contributed by atoms with E-state index in [-0.39, 0.29) is 11.2 Å². The highest BCUT2D eigenvalue weighted by Gasteiger charge is 2.18. The van der Waals surface area contributed by atoms with E-state index in [1.165, 1.54) is 12.1 Å². The molecule has 1 atom stereocenters. The summed E-state index contributed by atoms with van der Waals surface area (Å²) in [6.07, 6.45) is 0. The molecule has 1 heterocycles. The monoisotopic (exact) mass is 414 g/mol. The normalized spacial score (nSPS) is 12.8. The van der Waals surface area contributed by atoms with Crippen molar-refractivity contribution in [3.05, 3.63) is 57.2 Å². The summed E-state index contributed by atoms with van der Waals surface area (Å²) >= 11 is 8.44. The Balaban J connectivity index is 2.39. The summed E-state index contributed by atoms with van der Waals surface area (Å²) in [7, 11) is 0. The summed E-state index contributed by atoms with van der Waals surface area (Å²) in [6, 6.07) is 10.8. The van der Waals surface area contributed by atoms with Gasteiger partial charge in [0.15, 0.2) is 0 Å². The van der Waals surface area contributed by atoms with E-state index in [0.717, 1.165) is 31.7 Å². The van der Waals surface area contributed by atoms with Crippen molar-refractivity contribution < 1.29 is 4.39 Å². The number of hydrogen-bond donors (Lipinski definition) is 0. The van der Waals surface area contributed by atoms with Crippen LogP contribution in [0.1, 0.15) is 23.7 Å². The third-order valence-corrected chi connectivity index (χ3v) is 4.48. The fourth-order valence-corrected chi connectivity index (χ4v) is 3.30. The van der Waals surface area contributed by atoms with Gasteiger partial charge in [0.1, 0.15) is 11.6 Å². The van der Waals surface area contributed by atoms with E-state index in [4.69, 9.17) is 11.6 Å². The van der Waals surface area contributed by atoms with Crippen LogP contribution in [0.25, 0.3) is 16.7 Å². The highest BCUT2D eigenvalue weighted by molar-refractivity contribution is 14.1. The maximum atomic E-state index is 13.4. The lowest BCUT2D eigenvalue weighted by molar-refractivity contribution is 0.626. The van der Waals surface area contributed by atoms with Crippen LogP contribution in [0.3, 0.4) is 0 Å². The molecule has 0 N–H and O–H groups in total. The van der Waals surface area contributed by atoms with Crippen LogP contribution in [0, 0.1) is 16.3 Å². The van der Waals surface area contributed by atoms with Gasteiger partial charge in [-0.15, -0.1) is 11.6 Å². The smallest absolute Gasteiger partial charge is 0.132 e. The third kappa shape index (κ3) is 2.55.